The van der Waals surface area contributed by atoms with Crippen LogP contribution in [0.3, 0.4) is 0 Å². The maximum Gasteiger partial charge on any atom is 0.404 e. The first-order valence-corrected chi connectivity index (χ1v) is 10.1. The van der Waals surface area contributed by atoms with Gasteiger partial charge in [-0.15, -0.1) is 0 Å². The van der Waals surface area contributed by atoms with Gasteiger partial charge in [0.25, 0.3) is 5.56 Å². The number of carbonyl (C=O) groups excluding carboxylic acids is 1. The summed E-state index contributed by atoms with van der Waals surface area (Å²) in [6.45, 7) is 0.112. The lowest BCUT2D eigenvalue weighted by atomic mass is 9.85. The van der Waals surface area contributed by atoms with E-state index in [9.17, 15) is 22.8 Å². The Balaban J connectivity index is 1.54. The number of nitrogens with one attached hydrogen (secondary N) is 2. The zero-order chi connectivity index (χ0) is 22.8. The van der Waals surface area contributed by atoms with E-state index in [1.165, 1.54) is 24.3 Å². The molecule has 32 heavy (non-hydrogen) atoms. The van der Waals surface area contributed by atoms with E-state index in [1.807, 2.05) is 30.3 Å². The molecule has 0 aliphatic carbocycles. The Labute approximate surface area is 182 Å². The maximum absolute atomic E-state index is 14.1. The Morgan fingerprint density at radius 3 is 2.56 bits per heavy atom. The predicted molar refractivity (Wildman–Crippen MR) is 114 cm³/mol. The molecule has 1 aliphatic rings. The molecule has 0 saturated carbocycles. The average Bonchev–Trinajstić information content (AvgIpc) is 3.21. The van der Waals surface area contributed by atoms with Gasteiger partial charge in [0.1, 0.15) is 0 Å². The van der Waals surface area contributed by atoms with Gasteiger partial charge in [-0.3, -0.25) is 14.5 Å². The lowest BCUT2D eigenvalue weighted by molar-refractivity contribution is -0.215. The first-order chi connectivity index (χ1) is 15.3. The lowest BCUT2D eigenvalue weighted by Gasteiger charge is -2.30. The van der Waals surface area contributed by atoms with Crippen molar-refractivity contribution in [3.05, 3.63) is 82.6 Å². The van der Waals surface area contributed by atoms with Gasteiger partial charge in [0.05, 0.1) is 5.69 Å². The standard InChI is InChI=1S/C23H21F3N4O2/c24-23(25,26)22(11-12-30(15-22)14-16-5-2-1-3-6-16)21(32)27-18-8-4-7-17(13-18)19-9-10-20(31)29-28-19/h1-10,13H,11-12,14-15H2,(H,27,32)(H,29,31). The highest BCUT2D eigenvalue weighted by molar-refractivity contribution is 5.97. The number of alkyl halides is 3. The van der Waals surface area contributed by atoms with Crippen molar-refractivity contribution in [2.24, 2.45) is 5.41 Å². The molecule has 1 saturated heterocycles. The van der Waals surface area contributed by atoms with Crippen LogP contribution in [0.2, 0.25) is 0 Å². The quantitative estimate of drug-likeness (QED) is 0.630. The first kappa shape index (κ1) is 21.8. The molecule has 9 heteroatoms. The van der Waals surface area contributed by atoms with Crippen molar-refractivity contribution in [3.63, 3.8) is 0 Å². The number of halogens is 3. The molecule has 0 radical (unpaired) electrons. The topological polar surface area (TPSA) is 78.1 Å². The third-order valence-corrected chi connectivity index (χ3v) is 5.67. The second-order valence-corrected chi connectivity index (χ2v) is 7.87. The Morgan fingerprint density at radius 1 is 1.09 bits per heavy atom. The minimum absolute atomic E-state index is 0.170. The summed E-state index contributed by atoms with van der Waals surface area (Å²) in [5.74, 6) is -1.08. The molecule has 3 aromatic rings. The monoisotopic (exact) mass is 442 g/mol. The van der Waals surface area contributed by atoms with Crippen molar-refractivity contribution < 1.29 is 18.0 Å². The van der Waals surface area contributed by atoms with E-state index in [0.717, 1.165) is 5.56 Å². The van der Waals surface area contributed by atoms with E-state index < -0.39 is 24.0 Å². The highest BCUT2D eigenvalue weighted by atomic mass is 19.4. The zero-order valence-electron chi connectivity index (χ0n) is 17.0. The van der Waals surface area contributed by atoms with Crippen LogP contribution in [-0.2, 0) is 11.3 Å². The second kappa shape index (κ2) is 8.58. The summed E-state index contributed by atoms with van der Waals surface area (Å²) in [4.78, 5) is 25.8. The number of hydrogen-bond acceptors (Lipinski definition) is 4. The molecule has 6 nitrogen and oxygen atoms in total. The van der Waals surface area contributed by atoms with Gasteiger partial charge in [-0.05, 0) is 36.7 Å². The van der Waals surface area contributed by atoms with Gasteiger partial charge in [0, 0.05) is 30.4 Å². The average molecular weight is 442 g/mol. The Hall–Kier alpha value is -3.46. The van der Waals surface area contributed by atoms with Crippen molar-refractivity contribution in [1.29, 1.82) is 0 Å². The molecule has 1 aromatic heterocycles. The smallest absolute Gasteiger partial charge is 0.325 e. The van der Waals surface area contributed by atoms with Crippen LogP contribution in [0.15, 0.2) is 71.5 Å². The van der Waals surface area contributed by atoms with Crippen LogP contribution < -0.4 is 10.9 Å². The Kier molecular flexibility index (Phi) is 5.84. The van der Waals surface area contributed by atoms with Crippen LogP contribution in [0.5, 0.6) is 0 Å². The summed E-state index contributed by atoms with van der Waals surface area (Å²) in [6, 6.07) is 18.3. The summed E-state index contributed by atoms with van der Waals surface area (Å²) >= 11 is 0. The highest BCUT2D eigenvalue weighted by Crippen LogP contribution is 2.46. The normalized spacial score (nSPS) is 19.1. The van der Waals surface area contributed by atoms with Gasteiger partial charge in [-0.1, -0.05) is 42.5 Å². The molecule has 4 rings (SSSR count). The van der Waals surface area contributed by atoms with Crippen LogP contribution in [0.4, 0.5) is 18.9 Å². The molecule has 0 bridgehead atoms. The largest absolute Gasteiger partial charge is 0.404 e. The number of rotatable bonds is 5. The highest BCUT2D eigenvalue weighted by Gasteiger charge is 2.62. The molecule has 2 aromatic carbocycles. The van der Waals surface area contributed by atoms with Crippen LogP contribution >= 0.6 is 0 Å². The van der Waals surface area contributed by atoms with Crippen molar-refractivity contribution in [2.75, 3.05) is 18.4 Å². The number of amides is 1. The van der Waals surface area contributed by atoms with Crippen molar-refractivity contribution in [2.45, 2.75) is 19.1 Å². The molecule has 1 fully saturated rings. The van der Waals surface area contributed by atoms with Gasteiger partial charge in [-0.2, -0.15) is 18.3 Å². The molecular weight excluding hydrogens is 421 g/mol. The SMILES string of the molecule is O=C(Nc1cccc(-c2ccc(=O)[nH]n2)c1)C1(C(F)(F)F)CCN(Cc2ccccc2)C1. The fourth-order valence-corrected chi connectivity index (χ4v) is 3.92. The Bertz CT molecular complexity index is 1140. The van der Waals surface area contributed by atoms with E-state index in [0.29, 0.717) is 17.8 Å². The molecule has 166 valence electrons. The van der Waals surface area contributed by atoms with Gasteiger partial charge in [-0.25, -0.2) is 5.10 Å². The molecule has 2 N–H and O–H groups in total. The van der Waals surface area contributed by atoms with Crippen LogP contribution in [-0.4, -0.2) is 40.3 Å². The Morgan fingerprint density at radius 2 is 1.88 bits per heavy atom. The second-order valence-electron chi connectivity index (χ2n) is 7.87. The van der Waals surface area contributed by atoms with E-state index in [1.54, 1.807) is 17.0 Å². The van der Waals surface area contributed by atoms with Crippen molar-refractivity contribution in [1.82, 2.24) is 15.1 Å². The molecule has 1 amide bonds. The van der Waals surface area contributed by atoms with E-state index in [-0.39, 0.29) is 24.2 Å². The number of carbonyl (C=O) groups is 1. The number of hydrogen-bond donors (Lipinski definition) is 2. The summed E-state index contributed by atoms with van der Waals surface area (Å²) in [6.07, 6.45) is -5.00. The van der Waals surface area contributed by atoms with Crippen LogP contribution in [0.25, 0.3) is 11.3 Å². The molecule has 2 heterocycles. The van der Waals surface area contributed by atoms with Crippen LogP contribution in [0.1, 0.15) is 12.0 Å². The number of benzene rings is 2. The van der Waals surface area contributed by atoms with E-state index in [4.69, 9.17) is 0 Å². The summed E-state index contributed by atoms with van der Waals surface area (Å²) in [5, 5.41) is 8.67. The van der Waals surface area contributed by atoms with Gasteiger partial charge >= 0.3 is 6.18 Å². The maximum atomic E-state index is 14.1. The van der Waals surface area contributed by atoms with Gasteiger partial charge in [0.2, 0.25) is 5.91 Å². The first-order valence-electron chi connectivity index (χ1n) is 10.1. The number of H-pyrrole nitrogens is 1. The number of anilines is 1. The lowest BCUT2D eigenvalue weighted by Crippen LogP contribution is -2.49. The number of nitrogens with zero attached hydrogens (tertiary/aromatic N) is 2. The zero-order valence-corrected chi connectivity index (χ0v) is 17.0. The predicted octanol–water partition coefficient (Wildman–Crippen LogP) is 3.83. The molecular formula is C23H21F3N4O2. The van der Waals surface area contributed by atoms with Crippen LogP contribution in [0, 0.1) is 5.41 Å². The minimum atomic E-state index is -4.69. The van der Waals surface area contributed by atoms with E-state index in [2.05, 4.69) is 15.5 Å². The third kappa shape index (κ3) is 4.43. The van der Waals surface area contributed by atoms with Gasteiger partial charge < -0.3 is 5.32 Å². The van der Waals surface area contributed by atoms with Crippen molar-refractivity contribution >= 4 is 11.6 Å². The summed E-state index contributed by atoms with van der Waals surface area (Å²) in [7, 11) is 0. The third-order valence-electron chi connectivity index (χ3n) is 5.67. The molecule has 1 atom stereocenters. The van der Waals surface area contributed by atoms with E-state index >= 15 is 0 Å². The summed E-state index contributed by atoms with van der Waals surface area (Å²) < 4.78 is 42.4. The number of aromatic amines is 1. The fourth-order valence-electron chi connectivity index (χ4n) is 3.92. The molecule has 1 aliphatic heterocycles. The molecule has 0 spiro atoms. The fraction of sp³-hybridized carbons (Fsp3) is 0.261. The number of likely N-dealkylation sites (tertiary alicyclic amines) is 1. The minimum Gasteiger partial charge on any atom is -0.325 e. The number of aromatic nitrogens is 2. The molecule has 1 unspecified atom stereocenters. The van der Waals surface area contributed by atoms with Gasteiger partial charge in [0.15, 0.2) is 5.41 Å². The summed E-state index contributed by atoms with van der Waals surface area (Å²) in [5.41, 5.74) is -0.754. The van der Waals surface area contributed by atoms with Crippen molar-refractivity contribution in [3.8, 4) is 11.3 Å².